The van der Waals surface area contributed by atoms with Crippen LogP contribution in [0.1, 0.15) is 36.4 Å². The third-order valence-electron chi connectivity index (χ3n) is 4.43. The Morgan fingerprint density at radius 2 is 1.86 bits per heavy atom. The van der Waals surface area contributed by atoms with Gasteiger partial charge in [-0.15, -0.1) is 0 Å². The van der Waals surface area contributed by atoms with Gasteiger partial charge in [-0.1, -0.05) is 29.8 Å². The largest absolute Gasteiger partial charge is 0.349 e. The standard InChI is InChI=1S/C16H21NO3S/c1-11-2-4-12(5-3-11)15(13-6-7-13)17-16(18)14-8-9-21(19,20)10-14/h2-5,13-15H,6-10H2,1H3,(H,17,18)/t14-,15-/m0/s1. The van der Waals surface area contributed by atoms with Crippen LogP contribution in [0.5, 0.6) is 0 Å². The van der Waals surface area contributed by atoms with Crippen molar-refractivity contribution < 1.29 is 13.2 Å². The smallest absolute Gasteiger partial charge is 0.224 e. The minimum Gasteiger partial charge on any atom is -0.349 e. The van der Waals surface area contributed by atoms with Crippen molar-refractivity contribution in [3.63, 3.8) is 0 Å². The number of hydrogen-bond donors (Lipinski definition) is 1. The van der Waals surface area contributed by atoms with Gasteiger partial charge >= 0.3 is 0 Å². The van der Waals surface area contributed by atoms with Gasteiger partial charge in [0.2, 0.25) is 5.91 Å². The molecule has 21 heavy (non-hydrogen) atoms. The first kappa shape index (κ1) is 14.6. The van der Waals surface area contributed by atoms with Crippen LogP contribution in [0.3, 0.4) is 0 Å². The van der Waals surface area contributed by atoms with Gasteiger partial charge in [0.25, 0.3) is 0 Å². The predicted octanol–water partition coefficient (Wildman–Crippen LogP) is 2.00. The SMILES string of the molecule is Cc1ccc([C@H](NC(=O)[C@H]2CCS(=O)(=O)C2)C2CC2)cc1. The van der Waals surface area contributed by atoms with Crippen molar-refractivity contribution in [3.05, 3.63) is 35.4 Å². The van der Waals surface area contributed by atoms with Gasteiger partial charge in [0.15, 0.2) is 9.84 Å². The lowest BCUT2D eigenvalue weighted by Gasteiger charge is -2.21. The monoisotopic (exact) mass is 307 g/mol. The van der Waals surface area contributed by atoms with E-state index in [1.807, 2.05) is 6.92 Å². The summed E-state index contributed by atoms with van der Waals surface area (Å²) < 4.78 is 23.0. The van der Waals surface area contributed by atoms with E-state index in [1.54, 1.807) is 0 Å². The molecule has 0 aromatic heterocycles. The summed E-state index contributed by atoms with van der Waals surface area (Å²) in [4.78, 5) is 12.3. The maximum Gasteiger partial charge on any atom is 0.224 e. The molecule has 1 aromatic rings. The Labute approximate surface area is 125 Å². The molecule has 1 saturated carbocycles. The molecule has 4 nitrogen and oxygen atoms in total. The highest BCUT2D eigenvalue weighted by atomic mass is 32.2. The molecule has 1 aliphatic carbocycles. The number of sulfone groups is 1. The molecule has 5 heteroatoms. The van der Waals surface area contributed by atoms with E-state index in [1.165, 1.54) is 5.56 Å². The lowest BCUT2D eigenvalue weighted by molar-refractivity contribution is -0.125. The van der Waals surface area contributed by atoms with E-state index < -0.39 is 9.84 Å². The van der Waals surface area contributed by atoms with Gasteiger partial charge < -0.3 is 5.32 Å². The fraction of sp³-hybridized carbons (Fsp3) is 0.562. The molecule has 0 unspecified atom stereocenters. The molecule has 1 amide bonds. The summed E-state index contributed by atoms with van der Waals surface area (Å²) in [6.07, 6.45) is 2.71. The average Bonchev–Trinajstić information content (AvgIpc) is 3.20. The molecule has 0 spiro atoms. The van der Waals surface area contributed by atoms with Gasteiger partial charge in [-0.25, -0.2) is 8.42 Å². The molecule has 1 saturated heterocycles. The van der Waals surface area contributed by atoms with Gasteiger partial charge in [-0.2, -0.15) is 0 Å². The van der Waals surface area contributed by atoms with Crippen molar-refractivity contribution >= 4 is 15.7 Å². The zero-order valence-electron chi connectivity index (χ0n) is 12.2. The van der Waals surface area contributed by atoms with Crippen molar-refractivity contribution in [3.8, 4) is 0 Å². The zero-order valence-corrected chi connectivity index (χ0v) is 13.0. The Morgan fingerprint density at radius 3 is 2.38 bits per heavy atom. The fourth-order valence-electron chi connectivity index (χ4n) is 2.95. The van der Waals surface area contributed by atoms with Crippen molar-refractivity contribution in [1.82, 2.24) is 5.32 Å². The number of amides is 1. The van der Waals surface area contributed by atoms with E-state index in [0.717, 1.165) is 18.4 Å². The third kappa shape index (κ3) is 3.46. The van der Waals surface area contributed by atoms with Crippen LogP contribution < -0.4 is 5.32 Å². The predicted molar refractivity (Wildman–Crippen MR) is 81.5 cm³/mol. The van der Waals surface area contributed by atoms with Gasteiger partial charge in [-0.3, -0.25) is 4.79 Å². The summed E-state index contributed by atoms with van der Waals surface area (Å²) in [6, 6.07) is 8.25. The molecular weight excluding hydrogens is 286 g/mol. The normalized spacial score (nSPS) is 25.5. The Morgan fingerprint density at radius 1 is 1.19 bits per heavy atom. The molecule has 2 aliphatic rings. The van der Waals surface area contributed by atoms with E-state index in [4.69, 9.17) is 0 Å². The number of hydrogen-bond acceptors (Lipinski definition) is 3. The number of nitrogens with one attached hydrogen (secondary N) is 1. The number of benzene rings is 1. The number of carbonyl (C=O) groups excluding carboxylic acids is 1. The number of carbonyl (C=O) groups is 1. The van der Waals surface area contributed by atoms with Crippen molar-refractivity contribution in [2.45, 2.75) is 32.2 Å². The molecule has 0 radical (unpaired) electrons. The van der Waals surface area contributed by atoms with Crippen LogP contribution in [-0.4, -0.2) is 25.8 Å². The van der Waals surface area contributed by atoms with Crippen LogP contribution >= 0.6 is 0 Å². The number of aryl methyl sites for hydroxylation is 1. The minimum atomic E-state index is -3.01. The summed E-state index contributed by atoms with van der Waals surface area (Å²) in [5.41, 5.74) is 2.32. The van der Waals surface area contributed by atoms with Gasteiger partial charge in [0.1, 0.15) is 0 Å². The van der Waals surface area contributed by atoms with E-state index in [9.17, 15) is 13.2 Å². The Kier molecular flexibility index (Phi) is 3.78. The van der Waals surface area contributed by atoms with Crippen molar-refractivity contribution in [2.75, 3.05) is 11.5 Å². The van der Waals surface area contributed by atoms with E-state index in [0.29, 0.717) is 12.3 Å². The van der Waals surface area contributed by atoms with Crippen LogP contribution in [0, 0.1) is 18.8 Å². The highest BCUT2D eigenvalue weighted by molar-refractivity contribution is 7.91. The van der Waals surface area contributed by atoms with Crippen LogP contribution in [0.15, 0.2) is 24.3 Å². The summed E-state index contributed by atoms with van der Waals surface area (Å²) in [7, 11) is -3.01. The molecular formula is C16H21NO3S. The first-order valence-corrected chi connectivity index (χ1v) is 9.34. The van der Waals surface area contributed by atoms with Gasteiger partial charge in [0.05, 0.1) is 23.5 Å². The molecule has 0 bridgehead atoms. The summed E-state index contributed by atoms with van der Waals surface area (Å²) in [5.74, 6) is 0.165. The van der Waals surface area contributed by atoms with E-state index >= 15 is 0 Å². The molecule has 3 rings (SSSR count). The first-order chi connectivity index (χ1) is 9.94. The molecule has 1 aromatic carbocycles. The van der Waals surface area contributed by atoms with E-state index in [-0.39, 0.29) is 29.4 Å². The van der Waals surface area contributed by atoms with Crippen LogP contribution in [-0.2, 0) is 14.6 Å². The van der Waals surface area contributed by atoms with Crippen LogP contribution in [0.2, 0.25) is 0 Å². The molecule has 2 fully saturated rings. The topological polar surface area (TPSA) is 63.2 Å². The summed E-state index contributed by atoms with van der Waals surface area (Å²) >= 11 is 0. The lowest BCUT2D eigenvalue weighted by Crippen LogP contribution is -2.35. The summed E-state index contributed by atoms with van der Waals surface area (Å²) in [6.45, 7) is 2.04. The summed E-state index contributed by atoms with van der Waals surface area (Å²) in [5, 5.41) is 3.09. The molecule has 1 heterocycles. The Bertz CT molecular complexity index is 632. The van der Waals surface area contributed by atoms with Crippen LogP contribution in [0.4, 0.5) is 0 Å². The quantitative estimate of drug-likeness (QED) is 0.925. The van der Waals surface area contributed by atoms with Gasteiger partial charge in [-0.05, 0) is 37.7 Å². The van der Waals surface area contributed by atoms with Gasteiger partial charge in [0, 0.05) is 0 Å². The second-order valence-electron chi connectivity index (χ2n) is 6.33. The van der Waals surface area contributed by atoms with Crippen molar-refractivity contribution in [1.29, 1.82) is 0 Å². The molecule has 1 N–H and O–H groups in total. The third-order valence-corrected chi connectivity index (χ3v) is 6.20. The second-order valence-corrected chi connectivity index (χ2v) is 8.56. The highest BCUT2D eigenvalue weighted by Gasteiger charge is 2.37. The van der Waals surface area contributed by atoms with Crippen LogP contribution in [0.25, 0.3) is 0 Å². The highest BCUT2D eigenvalue weighted by Crippen LogP contribution is 2.41. The Hall–Kier alpha value is -1.36. The molecule has 1 aliphatic heterocycles. The first-order valence-electron chi connectivity index (χ1n) is 7.52. The molecule has 2 atom stereocenters. The minimum absolute atomic E-state index is 0.00409. The lowest BCUT2D eigenvalue weighted by atomic mass is 9.99. The second kappa shape index (κ2) is 5.44. The zero-order chi connectivity index (χ0) is 15.0. The average molecular weight is 307 g/mol. The molecule has 114 valence electrons. The Balaban J connectivity index is 1.71. The fourth-order valence-corrected chi connectivity index (χ4v) is 4.69. The maximum atomic E-state index is 12.3. The maximum absolute atomic E-state index is 12.3. The number of rotatable bonds is 4. The van der Waals surface area contributed by atoms with Crippen molar-refractivity contribution in [2.24, 2.45) is 11.8 Å². The van der Waals surface area contributed by atoms with E-state index in [2.05, 4.69) is 29.6 Å².